The lowest BCUT2D eigenvalue weighted by molar-refractivity contribution is -0.389. The lowest BCUT2D eigenvalue weighted by Crippen LogP contribution is -2.50. The highest BCUT2D eigenvalue weighted by Crippen LogP contribution is 2.33. The zero-order valence-electron chi connectivity index (χ0n) is 13.2. The van der Waals surface area contributed by atoms with E-state index in [1.54, 1.807) is 11.8 Å². The number of fused-ring (bicyclic) bond motifs is 1. The van der Waals surface area contributed by atoms with Crippen LogP contribution in [-0.4, -0.2) is 52.4 Å². The molecule has 2 heterocycles. The summed E-state index contributed by atoms with van der Waals surface area (Å²) in [6, 6.07) is 2.59. The number of ether oxygens (including phenoxy) is 1. The number of hydrogen-bond donors (Lipinski definition) is 0. The largest absolute Gasteiger partial charge is 0.475 e. The smallest absolute Gasteiger partial charge is 0.366 e. The van der Waals surface area contributed by atoms with Crippen LogP contribution in [0.2, 0.25) is 0 Å². The lowest BCUT2D eigenvalue weighted by Gasteiger charge is -2.30. The molecule has 1 aromatic heterocycles. The van der Waals surface area contributed by atoms with Gasteiger partial charge < -0.3 is 19.8 Å². The molecular formula is C14H18N4O5. The molecule has 1 aliphatic heterocycles. The molecule has 124 valence electrons. The van der Waals surface area contributed by atoms with Gasteiger partial charge in [0.05, 0.1) is 0 Å². The maximum Gasteiger partial charge on any atom is 0.366 e. The summed E-state index contributed by atoms with van der Waals surface area (Å²) in [6.45, 7) is 6.03. The van der Waals surface area contributed by atoms with E-state index in [2.05, 4.69) is 4.98 Å². The Hall–Kier alpha value is -2.71. The Balaban J connectivity index is 2.38. The van der Waals surface area contributed by atoms with Crippen molar-refractivity contribution in [3.63, 3.8) is 0 Å². The van der Waals surface area contributed by atoms with Crippen LogP contribution in [0.25, 0.3) is 0 Å². The number of carbonyl (C=O) groups excluding carboxylic acids is 2. The predicted molar refractivity (Wildman–Crippen MR) is 81.3 cm³/mol. The standard InChI is InChI=1S/C14H18N4O5/c1-4-16(5-2)12(19)8-17-13-10(23-9(3)14(17)20)6-7-11(15-13)18(21)22/h6-7,9H,4-5,8H2,1-3H3. The fraction of sp³-hybridized carbons (Fsp3) is 0.500. The highest BCUT2D eigenvalue weighted by Gasteiger charge is 2.38. The van der Waals surface area contributed by atoms with Crippen molar-refractivity contribution in [2.24, 2.45) is 0 Å². The summed E-state index contributed by atoms with van der Waals surface area (Å²) in [4.78, 5) is 41.4. The Morgan fingerprint density at radius 1 is 1.43 bits per heavy atom. The number of aromatic nitrogens is 1. The molecule has 0 radical (unpaired) electrons. The molecule has 1 aliphatic rings. The van der Waals surface area contributed by atoms with Crippen LogP contribution in [0.4, 0.5) is 11.6 Å². The molecule has 0 fully saturated rings. The van der Waals surface area contributed by atoms with Crippen LogP contribution in [0.5, 0.6) is 5.75 Å². The van der Waals surface area contributed by atoms with Crippen molar-refractivity contribution in [1.29, 1.82) is 0 Å². The summed E-state index contributed by atoms with van der Waals surface area (Å²) >= 11 is 0. The number of nitrogens with zero attached hydrogens (tertiary/aromatic N) is 4. The van der Waals surface area contributed by atoms with Crippen molar-refractivity contribution in [3.05, 3.63) is 22.2 Å². The Morgan fingerprint density at radius 2 is 2.09 bits per heavy atom. The van der Waals surface area contributed by atoms with Crippen molar-refractivity contribution >= 4 is 23.5 Å². The molecule has 0 saturated carbocycles. The van der Waals surface area contributed by atoms with Gasteiger partial charge in [-0.3, -0.25) is 14.5 Å². The SMILES string of the molecule is CCN(CC)C(=O)CN1C(=O)C(C)Oc2ccc([N+](=O)[O-])nc21. The molecular weight excluding hydrogens is 304 g/mol. The van der Waals surface area contributed by atoms with E-state index in [4.69, 9.17) is 4.74 Å². The van der Waals surface area contributed by atoms with Crippen LogP contribution < -0.4 is 9.64 Å². The first kappa shape index (κ1) is 16.7. The van der Waals surface area contributed by atoms with Crippen molar-refractivity contribution in [1.82, 2.24) is 9.88 Å². The Bertz CT molecular complexity index is 644. The fourth-order valence-electron chi connectivity index (χ4n) is 2.34. The number of carbonyl (C=O) groups is 2. The summed E-state index contributed by atoms with van der Waals surface area (Å²) in [6.07, 6.45) is -0.782. The van der Waals surface area contributed by atoms with E-state index in [1.807, 2.05) is 13.8 Å². The first-order valence-electron chi connectivity index (χ1n) is 7.30. The minimum atomic E-state index is -0.782. The van der Waals surface area contributed by atoms with E-state index in [9.17, 15) is 19.7 Å². The second-order valence-corrected chi connectivity index (χ2v) is 5.00. The average molecular weight is 322 g/mol. The van der Waals surface area contributed by atoms with E-state index >= 15 is 0 Å². The average Bonchev–Trinajstić information content (AvgIpc) is 2.52. The van der Waals surface area contributed by atoms with Gasteiger partial charge in [-0.1, -0.05) is 0 Å². The van der Waals surface area contributed by atoms with Gasteiger partial charge in [-0.2, -0.15) is 0 Å². The van der Waals surface area contributed by atoms with Crippen molar-refractivity contribution in [2.75, 3.05) is 24.5 Å². The zero-order valence-corrected chi connectivity index (χ0v) is 13.2. The quantitative estimate of drug-likeness (QED) is 0.591. The van der Waals surface area contributed by atoms with Gasteiger partial charge in [-0.25, -0.2) is 0 Å². The normalized spacial score (nSPS) is 16.6. The van der Waals surface area contributed by atoms with Crippen LogP contribution in [0, 0.1) is 10.1 Å². The third-order valence-electron chi connectivity index (χ3n) is 3.59. The minimum absolute atomic E-state index is 0.00260. The van der Waals surface area contributed by atoms with E-state index in [1.165, 1.54) is 12.1 Å². The molecule has 0 spiro atoms. The van der Waals surface area contributed by atoms with Gasteiger partial charge in [0.1, 0.15) is 6.54 Å². The number of nitro groups is 1. The molecule has 2 rings (SSSR count). The summed E-state index contributed by atoms with van der Waals surface area (Å²) in [7, 11) is 0. The predicted octanol–water partition coefficient (Wildman–Crippen LogP) is 0.972. The minimum Gasteiger partial charge on any atom is -0.475 e. The van der Waals surface area contributed by atoms with Gasteiger partial charge in [0.25, 0.3) is 11.7 Å². The lowest BCUT2D eigenvalue weighted by atomic mass is 10.2. The van der Waals surface area contributed by atoms with Gasteiger partial charge in [0.2, 0.25) is 5.91 Å². The van der Waals surface area contributed by atoms with Gasteiger partial charge in [-0.15, -0.1) is 0 Å². The molecule has 1 aromatic rings. The van der Waals surface area contributed by atoms with Crippen molar-refractivity contribution in [2.45, 2.75) is 26.9 Å². The van der Waals surface area contributed by atoms with E-state index in [0.717, 1.165) is 4.90 Å². The van der Waals surface area contributed by atoms with Crippen LogP contribution in [0.15, 0.2) is 12.1 Å². The molecule has 0 bridgehead atoms. The highest BCUT2D eigenvalue weighted by atomic mass is 16.6. The summed E-state index contributed by atoms with van der Waals surface area (Å²) in [5.41, 5.74) is 0. The van der Waals surface area contributed by atoms with Crippen molar-refractivity contribution in [3.8, 4) is 5.75 Å². The third kappa shape index (κ3) is 3.22. The van der Waals surface area contributed by atoms with Gasteiger partial charge in [-0.05, 0) is 36.7 Å². The van der Waals surface area contributed by atoms with Gasteiger partial charge >= 0.3 is 5.82 Å². The second kappa shape index (κ2) is 6.59. The second-order valence-electron chi connectivity index (χ2n) is 5.00. The van der Waals surface area contributed by atoms with E-state index < -0.39 is 22.8 Å². The molecule has 0 N–H and O–H groups in total. The fourth-order valence-corrected chi connectivity index (χ4v) is 2.34. The molecule has 1 atom stereocenters. The maximum atomic E-state index is 12.3. The van der Waals surface area contributed by atoms with E-state index in [0.29, 0.717) is 13.1 Å². The number of anilines is 1. The first-order valence-corrected chi connectivity index (χ1v) is 7.30. The topological polar surface area (TPSA) is 106 Å². The molecule has 23 heavy (non-hydrogen) atoms. The Morgan fingerprint density at radius 3 is 2.65 bits per heavy atom. The number of pyridine rings is 1. The molecule has 9 nitrogen and oxygen atoms in total. The zero-order chi connectivity index (χ0) is 17.1. The Kier molecular flexibility index (Phi) is 4.77. The van der Waals surface area contributed by atoms with Gasteiger partial charge in [0, 0.05) is 19.2 Å². The van der Waals surface area contributed by atoms with Gasteiger partial charge in [0.15, 0.2) is 11.9 Å². The molecule has 2 amide bonds. The maximum absolute atomic E-state index is 12.3. The van der Waals surface area contributed by atoms with Crippen LogP contribution in [0.1, 0.15) is 20.8 Å². The number of amides is 2. The number of likely N-dealkylation sites (N-methyl/N-ethyl adjacent to an activating group) is 1. The van der Waals surface area contributed by atoms with E-state index in [-0.39, 0.29) is 24.0 Å². The van der Waals surface area contributed by atoms with Crippen LogP contribution in [0.3, 0.4) is 0 Å². The molecule has 9 heteroatoms. The number of rotatable bonds is 5. The third-order valence-corrected chi connectivity index (χ3v) is 3.59. The summed E-state index contributed by atoms with van der Waals surface area (Å²) < 4.78 is 5.40. The molecule has 0 aromatic carbocycles. The molecule has 0 saturated heterocycles. The highest BCUT2D eigenvalue weighted by molar-refractivity contribution is 6.02. The van der Waals surface area contributed by atoms with Crippen molar-refractivity contribution < 1.29 is 19.2 Å². The monoisotopic (exact) mass is 322 g/mol. The summed E-state index contributed by atoms with van der Waals surface area (Å²) in [5.74, 6) is -0.865. The molecule has 1 unspecified atom stereocenters. The first-order chi connectivity index (χ1) is 10.9. The number of hydrogen-bond acceptors (Lipinski definition) is 6. The Labute approximate surface area is 133 Å². The van der Waals surface area contributed by atoms with Crippen LogP contribution >= 0.6 is 0 Å². The summed E-state index contributed by atoms with van der Waals surface area (Å²) in [5, 5.41) is 10.9. The van der Waals surface area contributed by atoms with Crippen LogP contribution in [-0.2, 0) is 9.59 Å². The molecule has 0 aliphatic carbocycles.